The van der Waals surface area contributed by atoms with Crippen LogP contribution in [0.4, 0.5) is 0 Å². The fourth-order valence-corrected chi connectivity index (χ4v) is 3.23. The second kappa shape index (κ2) is 7.05. The summed E-state index contributed by atoms with van der Waals surface area (Å²) >= 11 is 0. The fourth-order valence-electron chi connectivity index (χ4n) is 3.23. The molecule has 0 radical (unpaired) electrons. The zero-order valence-corrected chi connectivity index (χ0v) is 12.8. The third kappa shape index (κ3) is 3.94. The summed E-state index contributed by atoms with van der Waals surface area (Å²) in [5, 5.41) is 19.8. The van der Waals surface area contributed by atoms with E-state index in [4.69, 9.17) is 14.2 Å². The number of rotatable bonds is 9. The standard InChI is InChI=1S/C15H26O6/c1-10(8-19-2)21-9-12(16)7-15(14(17)18)5-6-20-13(15)11-3-4-11/h10-13,16H,3-9H2,1-2H3,(H,17,18). The molecule has 4 atom stereocenters. The molecule has 1 saturated carbocycles. The van der Waals surface area contributed by atoms with E-state index in [9.17, 15) is 15.0 Å². The number of hydrogen-bond donors (Lipinski definition) is 2. The van der Waals surface area contributed by atoms with Gasteiger partial charge in [0.05, 0.1) is 36.9 Å². The molecule has 2 rings (SSSR count). The molecule has 0 aromatic rings. The van der Waals surface area contributed by atoms with Crippen molar-refractivity contribution >= 4 is 5.97 Å². The van der Waals surface area contributed by atoms with E-state index in [0.717, 1.165) is 12.8 Å². The molecule has 0 amide bonds. The molecule has 4 unspecified atom stereocenters. The highest BCUT2D eigenvalue weighted by atomic mass is 16.5. The normalized spacial score (nSPS) is 32.0. The van der Waals surface area contributed by atoms with Gasteiger partial charge in [-0.1, -0.05) is 0 Å². The lowest BCUT2D eigenvalue weighted by Gasteiger charge is -2.32. The number of carboxylic acids is 1. The van der Waals surface area contributed by atoms with E-state index >= 15 is 0 Å². The Morgan fingerprint density at radius 3 is 2.71 bits per heavy atom. The molecule has 122 valence electrons. The van der Waals surface area contributed by atoms with Crippen molar-refractivity contribution in [2.75, 3.05) is 26.9 Å². The highest BCUT2D eigenvalue weighted by molar-refractivity contribution is 5.76. The molecule has 1 aliphatic heterocycles. The van der Waals surface area contributed by atoms with Gasteiger partial charge in [0.15, 0.2) is 0 Å². The summed E-state index contributed by atoms with van der Waals surface area (Å²) in [4.78, 5) is 11.8. The summed E-state index contributed by atoms with van der Waals surface area (Å²) < 4.78 is 16.1. The van der Waals surface area contributed by atoms with Gasteiger partial charge < -0.3 is 24.4 Å². The van der Waals surface area contributed by atoms with Crippen molar-refractivity contribution < 1.29 is 29.2 Å². The summed E-state index contributed by atoms with van der Waals surface area (Å²) in [5.41, 5.74) is -0.964. The van der Waals surface area contributed by atoms with Crippen LogP contribution in [-0.4, -0.2) is 61.4 Å². The molecule has 0 aromatic heterocycles. The Bertz CT molecular complexity index is 356. The zero-order chi connectivity index (χ0) is 15.5. The first-order valence-electron chi connectivity index (χ1n) is 7.63. The van der Waals surface area contributed by atoms with E-state index in [-0.39, 0.29) is 25.2 Å². The maximum absolute atomic E-state index is 11.8. The Balaban J connectivity index is 1.91. The molecular weight excluding hydrogens is 276 g/mol. The molecule has 0 aromatic carbocycles. The van der Waals surface area contributed by atoms with Gasteiger partial charge in [-0.05, 0) is 38.5 Å². The Morgan fingerprint density at radius 2 is 2.14 bits per heavy atom. The number of aliphatic hydroxyl groups excluding tert-OH is 1. The minimum Gasteiger partial charge on any atom is -0.481 e. The predicted molar refractivity (Wildman–Crippen MR) is 75.1 cm³/mol. The monoisotopic (exact) mass is 302 g/mol. The molecule has 6 nitrogen and oxygen atoms in total. The number of aliphatic carboxylic acids is 1. The SMILES string of the molecule is COCC(C)OCC(O)CC1(C(=O)O)CCOC1C1CC1. The van der Waals surface area contributed by atoms with Crippen LogP contribution in [0.3, 0.4) is 0 Å². The van der Waals surface area contributed by atoms with Gasteiger partial charge in [-0.15, -0.1) is 0 Å². The maximum Gasteiger partial charge on any atom is 0.312 e. The van der Waals surface area contributed by atoms with Crippen LogP contribution in [0.15, 0.2) is 0 Å². The van der Waals surface area contributed by atoms with Gasteiger partial charge in [-0.2, -0.15) is 0 Å². The average Bonchev–Trinajstić information content (AvgIpc) is 3.18. The van der Waals surface area contributed by atoms with Crippen LogP contribution in [-0.2, 0) is 19.0 Å². The Kier molecular flexibility index (Phi) is 5.60. The summed E-state index contributed by atoms with van der Waals surface area (Å²) in [5.74, 6) is -0.523. The number of ether oxygens (including phenoxy) is 3. The highest BCUT2D eigenvalue weighted by Crippen LogP contribution is 2.50. The van der Waals surface area contributed by atoms with Crippen molar-refractivity contribution in [3.63, 3.8) is 0 Å². The summed E-state index contributed by atoms with van der Waals surface area (Å²) in [6.45, 7) is 2.89. The second-order valence-corrected chi connectivity index (χ2v) is 6.30. The number of methoxy groups -OCH3 is 1. The fraction of sp³-hybridized carbons (Fsp3) is 0.933. The Morgan fingerprint density at radius 1 is 1.43 bits per heavy atom. The minimum absolute atomic E-state index is 0.121. The number of hydrogen-bond acceptors (Lipinski definition) is 5. The molecule has 1 saturated heterocycles. The molecule has 2 aliphatic rings. The summed E-state index contributed by atoms with van der Waals surface area (Å²) in [7, 11) is 1.59. The van der Waals surface area contributed by atoms with Gasteiger partial charge in [0.25, 0.3) is 0 Å². The number of carbonyl (C=O) groups is 1. The molecule has 1 aliphatic carbocycles. The van der Waals surface area contributed by atoms with Gasteiger partial charge in [-0.25, -0.2) is 0 Å². The van der Waals surface area contributed by atoms with Crippen LogP contribution in [0, 0.1) is 11.3 Å². The van der Waals surface area contributed by atoms with Crippen molar-refractivity contribution in [1.29, 1.82) is 0 Å². The largest absolute Gasteiger partial charge is 0.481 e. The molecule has 2 fully saturated rings. The first-order valence-corrected chi connectivity index (χ1v) is 7.63. The van der Waals surface area contributed by atoms with Crippen LogP contribution in [0.25, 0.3) is 0 Å². The molecular formula is C15H26O6. The zero-order valence-electron chi connectivity index (χ0n) is 12.8. The lowest BCUT2D eigenvalue weighted by Crippen LogP contribution is -2.44. The second-order valence-electron chi connectivity index (χ2n) is 6.30. The first-order chi connectivity index (χ1) is 9.99. The van der Waals surface area contributed by atoms with Crippen LogP contribution < -0.4 is 0 Å². The van der Waals surface area contributed by atoms with E-state index in [0.29, 0.717) is 25.6 Å². The van der Waals surface area contributed by atoms with Gasteiger partial charge in [0, 0.05) is 13.7 Å². The summed E-state index contributed by atoms with van der Waals surface area (Å²) in [6.07, 6.45) is 1.51. The van der Waals surface area contributed by atoms with E-state index in [1.54, 1.807) is 7.11 Å². The van der Waals surface area contributed by atoms with Gasteiger partial charge in [0.1, 0.15) is 0 Å². The van der Waals surface area contributed by atoms with Crippen molar-refractivity contribution in [3.05, 3.63) is 0 Å². The van der Waals surface area contributed by atoms with Crippen LogP contribution >= 0.6 is 0 Å². The maximum atomic E-state index is 11.8. The topological polar surface area (TPSA) is 85.2 Å². The number of carboxylic acid groups (broad SMARTS) is 1. The molecule has 21 heavy (non-hydrogen) atoms. The third-order valence-electron chi connectivity index (χ3n) is 4.44. The van der Waals surface area contributed by atoms with Crippen LogP contribution in [0.2, 0.25) is 0 Å². The van der Waals surface area contributed by atoms with E-state index < -0.39 is 17.5 Å². The van der Waals surface area contributed by atoms with E-state index in [1.165, 1.54) is 0 Å². The Labute approximate surface area is 125 Å². The smallest absolute Gasteiger partial charge is 0.312 e. The van der Waals surface area contributed by atoms with E-state index in [1.807, 2.05) is 6.92 Å². The van der Waals surface area contributed by atoms with Gasteiger partial charge in [-0.3, -0.25) is 4.79 Å². The van der Waals surface area contributed by atoms with E-state index in [2.05, 4.69) is 0 Å². The lowest BCUT2D eigenvalue weighted by molar-refractivity contribution is -0.157. The van der Waals surface area contributed by atoms with Gasteiger partial charge >= 0.3 is 5.97 Å². The number of aliphatic hydroxyl groups is 1. The van der Waals surface area contributed by atoms with Gasteiger partial charge in [0.2, 0.25) is 0 Å². The van der Waals surface area contributed by atoms with Crippen molar-refractivity contribution in [2.24, 2.45) is 11.3 Å². The predicted octanol–water partition coefficient (Wildman–Crippen LogP) is 1.06. The molecule has 0 spiro atoms. The summed E-state index contributed by atoms with van der Waals surface area (Å²) in [6, 6.07) is 0. The lowest BCUT2D eigenvalue weighted by atomic mass is 9.74. The molecule has 0 bridgehead atoms. The van der Waals surface area contributed by atoms with Crippen molar-refractivity contribution in [1.82, 2.24) is 0 Å². The quantitative estimate of drug-likeness (QED) is 0.662. The average molecular weight is 302 g/mol. The van der Waals surface area contributed by atoms with Crippen molar-refractivity contribution in [3.8, 4) is 0 Å². The molecule has 2 N–H and O–H groups in total. The minimum atomic E-state index is -0.964. The molecule has 6 heteroatoms. The Hall–Kier alpha value is -0.690. The molecule has 1 heterocycles. The van der Waals surface area contributed by atoms with Crippen LogP contribution in [0.1, 0.15) is 32.6 Å². The first kappa shape index (κ1) is 16.7. The highest BCUT2D eigenvalue weighted by Gasteiger charge is 2.56. The van der Waals surface area contributed by atoms with Crippen molar-refractivity contribution in [2.45, 2.75) is 50.9 Å². The third-order valence-corrected chi connectivity index (χ3v) is 4.44. The van der Waals surface area contributed by atoms with Crippen LogP contribution in [0.5, 0.6) is 0 Å².